The lowest BCUT2D eigenvalue weighted by atomic mass is 9.97. The smallest absolute Gasteiger partial charge is 0.105 e. The molecule has 1 N–H and O–H groups in total. The summed E-state index contributed by atoms with van der Waals surface area (Å²) in [5.41, 5.74) is 2.44. The van der Waals surface area contributed by atoms with Crippen molar-refractivity contribution in [3.05, 3.63) is 29.8 Å². The van der Waals surface area contributed by atoms with Gasteiger partial charge in [0.2, 0.25) is 0 Å². The minimum absolute atomic E-state index is 0.381. The molecular formula is C17H23N3. The van der Waals surface area contributed by atoms with Crippen LogP contribution in [0.25, 0.3) is 0 Å². The Morgan fingerprint density at radius 3 is 2.95 bits per heavy atom. The largest absolute Gasteiger partial charge is 0.371 e. The fourth-order valence-corrected chi connectivity index (χ4v) is 3.04. The normalized spacial score (nSPS) is 20.9. The van der Waals surface area contributed by atoms with Crippen molar-refractivity contribution < 1.29 is 0 Å². The molecule has 3 nitrogen and oxygen atoms in total. The molecule has 0 aromatic heterocycles. The summed E-state index contributed by atoms with van der Waals surface area (Å²) in [6.07, 6.45) is 5.74. The SMILES string of the molecule is CC(C#N)(CCN1CCCc2ccccc21)NC1CC1. The van der Waals surface area contributed by atoms with Gasteiger partial charge in [0, 0.05) is 24.8 Å². The van der Waals surface area contributed by atoms with E-state index in [9.17, 15) is 5.26 Å². The van der Waals surface area contributed by atoms with E-state index in [1.54, 1.807) is 0 Å². The zero-order valence-corrected chi connectivity index (χ0v) is 12.2. The van der Waals surface area contributed by atoms with Crippen LogP contribution in [-0.4, -0.2) is 24.7 Å². The third-order valence-corrected chi connectivity index (χ3v) is 4.43. The molecule has 1 aromatic carbocycles. The number of para-hydroxylation sites is 1. The second-order valence-electron chi connectivity index (χ2n) is 6.33. The van der Waals surface area contributed by atoms with Crippen LogP contribution in [0.2, 0.25) is 0 Å². The van der Waals surface area contributed by atoms with Gasteiger partial charge in [0.15, 0.2) is 0 Å². The average Bonchev–Trinajstić information content (AvgIpc) is 3.29. The minimum Gasteiger partial charge on any atom is -0.371 e. The molecule has 0 bridgehead atoms. The number of nitrogens with zero attached hydrogens (tertiary/aromatic N) is 2. The van der Waals surface area contributed by atoms with E-state index in [1.807, 2.05) is 6.92 Å². The van der Waals surface area contributed by atoms with Gasteiger partial charge in [0.25, 0.3) is 0 Å². The third-order valence-electron chi connectivity index (χ3n) is 4.43. The van der Waals surface area contributed by atoms with Crippen LogP contribution in [-0.2, 0) is 6.42 Å². The lowest BCUT2D eigenvalue weighted by Crippen LogP contribution is -2.45. The van der Waals surface area contributed by atoms with Gasteiger partial charge in [-0.3, -0.25) is 5.32 Å². The van der Waals surface area contributed by atoms with Crippen molar-refractivity contribution in [2.75, 3.05) is 18.0 Å². The fraction of sp³-hybridized carbons (Fsp3) is 0.588. The number of hydrogen-bond donors (Lipinski definition) is 1. The van der Waals surface area contributed by atoms with Crippen LogP contribution in [0, 0.1) is 11.3 Å². The summed E-state index contributed by atoms with van der Waals surface area (Å²) in [5, 5.41) is 12.9. The van der Waals surface area contributed by atoms with E-state index in [2.05, 4.69) is 40.6 Å². The molecule has 1 aromatic rings. The Morgan fingerprint density at radius 1 is 1.40 bits per heavy atom. The Balaban J connectivity index is 1.65. The first-order valence-corrected chi connectivity index (χ1v) is 7.72. The molecule has 0 spiro atoms. The van der Waals surface area contributed by atoms with Crippen LogP contribution < -0.4 is 10.2 Å². The summed E-state index contributed by atoms with van der Waals surface area (Å²) < 4.78 is 0. The highest BCUT2D eigenvalue weighted by molar-refractivity contribution is 5.55. The number of aryl methyl sites for hydroxylation is 1. The molecule has 1 fully saturated rings. The van der Waals surface area contributed by atoms with Gasteiger partial charge < -0.3 is 4.90 Å². The molecule has 1 unspecified atom stereocenters. The molecule has 0 saturated heterocycles. The van der Waals surface area contributed by atoms with E-state index in [4.69, 9.17) is 0 Å². The Hall–Kier alpha value is -1.53. The number of anilines is 1. The first-order valence-electron chi connectivity index (χ1n) is 7.72. The zero-order chi connectivity index (χ0) is 14.0. The molecule has 3 rings (SSSR count). The lowest BCUT2D eigenvalue weighted by molar-refractivity contribution is 0.412. The topological polar surface area (TPSA) is 39.1 Å². The number of hydrogen-bond acceptors (Lipinski definition) is 3. The van der Waals surface area contributed by atoms with Crippen molar-refractivity contribution in [2.24, 2.45) is 0 Å². The van der Waals surface area contributed by atoms with Gasteiger partial charge in [0.1, 0.15) is 5.54 Å². The summed E-state index contributed by atoms with van der Waals surface area (Å²) in [7, 11) is 0. The molecule has 1 heterocycles. The Bertz CT molecular complexity index is 515. The second kappa shape index (κ2) is 5.46. The maximum absolute atomic E-state index is 9.46. The lowest BCUT2D eigenvalue weighted by Gasteiger charge is -2.34. The van der Waals surface area contributed by atoms with Gasteiger partial charge in [-0.1, -0.05) is 18.2 Å². The number of benzene rings is 1. The minimum atomic E-state index is -0.381. The van der Waals surface area contributed by atoms with Crippen LogP contribution >= 0.6 is 0 Å². The molecule has 3 heteroatoms. The van der Waals surface area contributed by atoms with Crippen molar-refractivity contribution in [3.63, 3.8) is 0 Å². The van der Waals surface area contributed by atoms with Crippen molar-refractivity contribution in [1.82, 2.24) is 5.32 Å². The van der Waals surface area contributed by atoms with Crippen LogP contribution in [0.3, 0.4) is 0 Å². The second-order valence-corrected chi connectivity index (χ2v) is 6.33. The zero-order valence-electron chi connectivity index (χ0n) is 12.2. The summed E-state index contributed by atoms with van der Waals surface area (Å²) in [5.74, 6) is 0. The highest BCUT2D eigenvalue weighted by atomic mass is 15.1. The monoisotopic (exact) mass is 269 g/mol. The number of rotatable bonds is 5. The first-order chi connectivity index (χ1) is 9.70. The van der Waals surface area contributed by atoms with E-state index in [0.29, 0.717) is 6.04 Å². The van der Waals surface area contributed by atoms with Gasteiger partial charge >= 0.3 is 0 Å². The van der Waals surface area contributed by atoms with Gasteiger partial charge in [-0.2, -0.15) is 5.26 Å². The highest BCUT2D eigenvalue weighted by Gasteiger charge is 2.33. The van der Waals surface area contributed by atoms with Crippen molar-refractivity contribution in [2.45, 2.75) is 50.6 Å². The van der Waals surface area contributed by atoms with Crippen LogP contribution in [0.1, 0.15) is 38.2 Å². The van der Waals surface area contributed by atoms with Gasteiger partial charge in [-0.05, 0) is 50.7 Å². The van der Waals surface area contributed by atoms with Crippen molar-refractivity contribution in [1.29, 1.82) is 5.26 Å². The van der Waals surface area contributed by atoms with Gasteiger partial charge in [-0.15, -0.1) is 0 Å². The molecule has 2 aliphatic rings. The first kappa shape index (κ1) is 13.5. The predicted molar refractivity (Wildman–Crippen MR) is 81.8 cm³/mol. The van der Waals surface area contributed by atoms with Gasteiger partial charge in [-0.25, -0.2) is 0 Å². The molecule has 0 amide bonds. The number of fused-ring (bicyclic) bond motifs is 1. The molecule has 0 radical (unpaired) electrons. The van der Waals surface area contributed by atoms with Gasteiger partial charge in [0.05, 0.1) is 6.07 Å². The van der Waals surface area contributed by atoms with Crippen molar-refractivity contribution in [3.8, 4) is 6.07 Å². The molecule has 20 heavy (non-hydrogen) atoms. The Kier molecular flexibility index (Phi) is 3.67. The fourth-order valence-electron chi connectivity index (χ4n) is 3.04. The molecule has 1 aliphatic carbocycles. The van der Waals surface area contributed by atoms with E-state index < -0.39 is 0 Å². The highest BCUT2D eigenvalue weighted by Crippen LogP contribution is 2.28. The van der Waals surface area contributed by atoms with E-state index in [1.165, 1.54) is 36.9 Å². The van der Waals surface area contributed by atoms with E-state index in [-0.39, 0.29) is 5.54 Å². The maximum atomic E-state index is 9.46. The predicted octanol–water partition coefficient (Wildman–Crippen LogP) is 2.86. The van der Waals surface area contributed by atoms with Crippen molar-refractivity contribution >= 4 is 5.69 Å². The third kappa shape index (κ3) is 2.96. The van der Waals surface area contributed by atoms with Crippen LogP contribution in [0.4, 0.5) is 5.69 Å². The van der Waals surface area contributed by atoms with E-state index in [0.717, 1.165) is 19.5 Å². The molecular weight excluding hydrogens is 246 g/mol. The standard InChI is InChI=1S/C17H23N3/c1-17(13-18,19-15-8-9-15)10-12-20-11-4-6-14-5-2-3-7-16(14)20/h2-3,5,7,15,19H,4,6,8-12H2,1H3. The average molecular weight is 269 g/mol. The molecule has 1 saturated carbocycles. The number of nitrogens with one attached hydrogen (secondary N) is 1. The Morgan fingerprint density at radius 2 is 2.20 bits per heavy atom. The summed E-state index contributed by atoms with van der Waals surface area (Å²) in [6, 6.07) is 11.7. The molecule has 106 valence electrons. The Labute approximate surface area is 121 Å². The van der Waals surface area contributed by atoms with E-state index >= 15 is 0 Å². The molecule has 1 aliphatic heterocycles. The summed E-state index contributed by atoms with van der Waals surface area (Å²) >= 11 is 0. The molecule has 1 atom stereocenters. The number of nitriles is 1. The summed E-state index contributed by atoms with van der Waals surface area (Å²) in [6.45, 7) is 4.11. The summed E-state index contributed by atoms with van der Waals surface area (Å²) in [4.78, 5) is 2.45. The quantitative estimate of drug-likeness (QED) is 0.893. The maximum Gasteiger partial charge on any atom is 0.105 e. The van der Waals surface area contributed by atoms with Crippen LogP contribution in [0.5, 0.6) is 0 Å². The van der Waals surface area contributed by atoms with Crippen LogP contribution in [0.15, 0.2) is 24.3 Å².